The lowest BCUT2D eigenvalue weighted by atomic mass is 9.43. The molecule has 0 amide bonds. The maximum absolute atomic E-state index is 12.3. The van der Waals surface area contributed by atoms with E-state index in [4.69, 9.17) is 21.1 Å². The number of nitrogens with zero attached hydrogens (tertiary/aromatic N) is 1. The predicted molar refractivity (Wildman–Crippen MR) is 114 cm³/mol. The second-order valence-electron chi connectivity index (χ2n) is 10.9. The van der Waals surface area contributed by atoms with Crippen LogP contribution in [0.15, 0.2) is 0 Å². The van der Waals surface area contributed by atoms with Crippen LogP contribution in [0.5, 0.6) is 0 Å². The normalized spacial score (nSPS) is 48.7. The van der Waals surface area contributed by atoms with Crippen molar-refractivity contribution in [2.24, 2.45) is 28.6 Å². The minimum atomic E-state index is -1.03. The van der Waals surface area contributed by atoms with E-state index in [-0.39, 0.29) is 46.3 Å². The van der Waals surface area contributed by atoms with Crippen molar-refractivity contribution in [1.82, 2.24) is 0 Å². The van der Waals surface area contributed by atoms with Gasteiger partial charge in [0.2, 0.25) is 6.04 Å². The SMILES string of the molecule is CC(=O)O[C@H]1CC[C@]2(C)[C@H]3CC[C@]4(C)[C@@H](OC(C)=O)CC[C@H]4[C@@H]3C[C@@H]([N+](=O)[O-])[C@@]2(Cl)C1. The fraction of sp³-hybridized carbons (Fsp3) is 0.913. The van der Waals surface area contributed by atoms with Crippen molar-refractivity contribution in [2.45, 2.75) is 102 Å². The summed E-state index contributed by atoms with van der Waals surface area (Å²) >= 11 is 7.25. The number of esters is 2. The molecule has 4 rings (SSSR count). The van der Waals surface area contributed by atoms with Gasteiger partial charge in [0.05, 0.1) is 0 Å². The van der Waals surface area contributed by atoms with Gasteiger partial charge in [-0.3, -0.25) is 19.7 Å². The van der Waals surface area contributed by atoms with Gasteiger partial charge in [-0.2, -0.15) is 0 Å². The molecule has 0 unspecified atom stereocenters. The van der Waals surface area contributed by atoms with Gasteiger partial charge in [-0.15, -0.1) is 11.6 Å². The first-order chi connectivity index (χ1) is 14.4. The number of fused-ring (bicyclic) bond motifs is 5. The molecule has 0 bridgehead atoms. The molecule has 0 saturated heterocycles. The Morgan fingerprint density at radius 3 is 2.29 bits per heavy atom. The van der Waals surface area contributed by atoms with Crippen LogP contribution in [0.2, 0.25) is 0 Å². The van der Waals surface area contributed by atoms with Gasteiger partial charge in [-0.05, 0) is 61.7 Å². The number of nitro groups is 1. The van der Waals surface area contributed by atoms with E-state index in [1.807, 2.05) is 0 Å². The average molecular weight is 456 g/mol. The summed E-state index contributed by atoms with van der Waals surface area (Å²) in [6.07, 6.45) is 5.34. The highest BCUT2D eigenvalue weighted by Gasteiger charge is 2.71. The van der Waals surface area contributed by atoms with Crippen molar-refractivity contribution < 1.29 is 24.0 Å². The van der Waals surface area contributed by atoms with Crippen molar-refractivity contribution >= 4 is 23.5 Å². The number of rotatable bonds is 3. The van der Waals surface area contributed by atoms with E-state index >= 15 is 0 Å². The Morgan fingerprint density at radius 1 is 1.00 bits per heavy atom. The second-order valence-corrected chi connectivity index (χ2v) is 11.6. The molecular formula is C23H34ClNO6. The van der Waals surface area contributed by atoms with Crippen LogP contribution in [-0.2, 0) is 19.1 Å². The molecule has 4 fully saturated rings. The molecule has 174 valence electrons. The summed E-state index contributed by atoms with van der Waals surface area (Å²) in [6.45, 7) is 7.17. The van der Waals surface area contributed by atoms with Gasteiger partial charge in [0.25, 0.3) is 0 Å². The summed E-state index contributed by atoms with van der Waals surface area (Å²) in [5.41, 5.74) is -0.529. The van der Waals surface area contributed by atoms with Crippen LogP contribution >= 0.6 is 11.6 Å². The zero-order valence-electron chi connectivity index (χ0n) is 18.9. The van der Waals surface area contributed by atoms with Gasteiger partial charge in [0.1, 0.15) is 17.1 Å². The third-order valence-electron chi connectivity index (χ3n) is 9.55. The van der Waals surface area contributed by atoms with Crippen LogP contribution in [0.3, 0.4) is 0 Å². The lowest BCUT2D eigenvalue weighted by molar-refractivity contribution is -0.543. The predicted octanol–water partition coefficient (Wildman–Crippen LogP) is 4.51. The maximum Gasteiger partial charge on any atom is 0.302 e. The molecule has 4 saturated carbocycles. The van der Waals surface area contributed by atoms with Crippen molar-refractivity contribution in [3.63, 3.8) is 0 Å². The molecule has 4 aliphatic carbocycles. The fourth-order valence-electron chi connectivity index (χ4n) is 8.13. The third kappa shape index (κ3) is 3.37. The van der Waals surface area contributed by atoms with Crippen LogP contribution in [0.4, 0.5) is 0 Å². The minimum absolute atomic E-state index is 0.111. The maximum atomic E-state index is 12.3. The topological polar surface area (TPSA) is 95.7 Å². The van der Waals surface area contributed by atoms with Gasteiger partial charge in [-0.1, -0.05) is 13.8 Å². The first kappa shape index (κ1) is 22.8. The van der Waals surface area contributed by atoms with E-state index in [2.05, 4.69) is 13.8 Å². The van der Waals surface area contributed by atoms with E-state index in [0.717, 1.165) is 32.1 Å². The molecule has 0 spiro atoms. The Bertz CT molecular complexity index is 790. The average Bonchev–Trinajstić information content (AvgIpc) is 2.97. The smallest absolute Gasteiger partial charge is 0.302 e. The summed E-state index contributed by atoms with van der Waals surface area (Å²) in [7, 11) is 0. The standard InChI is InChI=1S/C23H34ClNO6/c1-13(26)30-15-7-10-22(4)18-8-9-21(3)17(5-6-20(21)31-14(2)27)16(18)11-19(25(28)29)23(22,24)12-15/h15-20H,5-12H2,1-4H3/t15-,16-,17-,18-,19+,20-,21-,22+,23-/m0/s1. The summed E-state index contributed by atoms with van der Waals surface area (Å²) in [6, 6.07) is -0.881. The lowest BCUT2D eigenvalue weighted by Gasteiger charge is -2.63. The molecule has 7 nitrogen and oxygen atoms in total. The molecule has 0 aromatic carbocycles. The summed E-state index contributed by atoms with van der Waals surface area (Å²) in [5, 5.41) is 12.3. The summed E-state index contributed by atoms with van der Waals surface area (Å²) in [4.78, 5) is 34.3. The van der Waals surface area contributed by atoms with E-state index in [0.29, 0.717) is 25.2 Å². The third-order valence-corrected chi connectivity index (χ3v) is 10.4. The Hall–Kier alpha value is -1.37. The molecular weight excluding hydrogens is 422 g/mol. The first-order valence-electron chi connectivity index (χ1n) is 11.6. The van der Waals surface area contributed by atoms with Crippen LogP contribution < -0.4 is 0 Å². The highest BCUT2D eigenvalue weighted by Crippen LogP contribution is 2.69. The molecule has 0 aromatic rings. The molecule has 9 atom stereocenters. The van der Waals surface area contributed by atoms with E-state index in [1.54, 1.807) is 0 Å². The Morgan fingerprint density at radius 2 is 1.68 bits per heavy atom. The molecule has 0 radical (unpaired) electrons. The first-order valence-corrected chi connectivity index (χ1v) is 12.0. The van der Waals surface area contributed by atoms with Crippen molar-refractivity contribution in [3.8, 4) is 0 Å². The molecule has 0 aliphatic heterocycles. The summed E-state index contributed by atoms with van der Waals surface area (Å²) < 4.78 is 11.1. The second kappa shape index (κ2) is 7.60. The highest BCUT2D eigenvalue weighted by atomic mass is 35.5. The fourth-order valence-corrected chi connectivity index (χ4v) is 8.71. The molecule has 0 N–H and O–H groups in total. The zero-order valence-corrected chi connectivity index (χ0v) is 19.7. The van der Waals surface area contributed by atoms with Gasteiger partial charge in [0.15, 0.2) is 0 Å². The molecule has 0 aromatic heterocycles. The van der Waals surface area contributed by atoms with E-state index in [9.17, 15) is 19.7 Å². The number of carbonyl (C=O) groups excluding carboxylic acids is 2. The molecule has 0 heterocycles. The quantitative estimate of drug-likeness (QED) is 0.269. The van der Waals surface area contributed by atoms with Gasteiger partial charge in [-0.25, -0.2) is 0 Å². The molecule has 8 heteroatoms. The van der Waals surface area contributed by atoms with Crippen molar-refractivity contribution in [1.29, 1.82) is 0 Å². The van der Waals surface area contributed by atoms with E-state index in [1.165, 1.54) is 13.8 Å². The Balaban J connectivity index is 1.67. The lowest BCUT2D eigenvalue weighted by Crippen LogP contribution is -2.68. The largest absolute Gasteiger partial charge is 0.462 e. The number of halogens is 1. The van der Waals surface area contributed by atoms with Crippen LogP contribution in [0.25, 0.3) is 0 Å². The number of ether oxygens (including phenoxy) is 2. The van der Waals surface area contributed by atoms with Gasteiger partial charge < -0.3 is 9.47 Å². The highest BCUT2D eigenvalue weighted by molar-refractivity contribution is 6.25. The number of hydrogen-bond acceptors (Lipinski definition) is 6. The van der Waals surface area contributed by atoms with Gasteiger partial charge >= 0.3 is 11.9 Å². The number of alkyl halides is 1. The number of hydrogen-bond donors (Lipinski definition) is 0. The van der Waals surface area contributed by atoms with Crippen LogP contribution in [0, 0.1) is 38.7 Å². The minimum Gasteiger partial charge on any atom is -0.462 e. The van der Waals surface area contributed by atoms with Crippen LogP contribution in [0.1, 0.15) is 79.1 Å². The molecule has 4 aliphatic rings. The van der Waals surface area contributed by atoms with Gasteiger partial charge in [0, 0.05) is 37.0 Å². The molecule has 31 heavy (non-hydrogen) atoms. The number of carbonyl (C=O) groups is 2. The van der Waals surface area contributed by atoms with E-state index < -0.39 is 16.3 Å². The van der Waals surface area contributed by atoms with Crippen molar-refractivity contribution in [2.75, 3.05) is 0 Å². The summed E-state index contributed by atoms with van der Waals surface area (Å²) in [5.74, 6) is 0.153. The van der Waals surface area contributed by atoms with Crippen molar-refractivity contribution in [3.05, 3.63) is 10.1 Å². The Labute approximate surface area is 188 Å². The Kier molecular flexibility index (Phi) is 5.59. The van der Waals surface area contributed by atoms with Crippen LogP contribution in [-0.4, -0.2) is 40.0 Å². The monoisotopic (exact) mass is 455 g/mol. The zero-order chi connectivity index (χ0) is 22.8.